The maximum atomic E-state index is 10.6. The standard InChI is InChI=1S/C22H46N2O5/c1-3-5-7-9-11-13-15-23(16-14-12-10-8-6-4-2)24-18(17-25)19(26)20(27)21(28)22(24)29/h18-22,25-29H,3-17H2,1-2H3/t18-,19-,20+,21-,22?/m1/s1. The molecule has 5 atom stereocenters. The van der Waals surface area contributed by atoms with Crippen LogP contribution in [0.15, 0.2) is 0 Å². The number of aliphatic hydroxyl groups is 5. The summed E-state index contributed by atoms with van der Waals surface area (Å²) in [6.45, 7) is 5.39. The molecule has 1 unspecified atom stereocenters. The molecule has 5 N–H and O–H groups in total. The van der Waals surface area contributed by atoms with E-state index in [-0.39, 0.29) is 0 Å². The number of unbranched alkanes of at least 4 members (excludes halogenated alkanes) is 10. The van der Waals surface area contributed by atoms with E-state index in [0.717, 1.165) is 25.7 Å². The normalized spacial score (nSPS) is 28.3. The average molecular weight is 419 g/mol. The molecule has 174 valence electrons. The smallest absolute Gasteiger partial charge is 0.149 e. The van der Waals surface area contributed by atoms with Gasteiger partial charge in [0.15, 0.2) is 0 Å². The first-order valence-corrected chi connectivity index (χ1v) is 11.9. The van der Waals surface area contributed by atoms with Crippen LogP contribution in [0.4, 0.5) is 0 Å². The molecule has 1 rings (SSSR count). The summed E-state index contributed by atoms with van der Waals surface area (Å²) in [6, 6.07) is -0.830. The van der Waals surface area contributed by atoms with Gasteiger partial charge in [-0.05, 0) is 12.8 Å². The first kappa shape index (κ1) is 26.8. The molecule has 0 amide bonds. The van der Waals surface area contributed by atoms with Crippen molar-refractivity contribution >= 4 is 0 Å². The lowest BCUT2D eigenvalue weighted by molar-refractivity contribution is -0.282. The molecule has 7 nitrogen and oxygen atoms in total. The van der Waals surface area contributed by atoms with E-state index in [0.29, 0.717) is 13.1 Å². The van der Waals surface area contributed by atoms with Crippen LogP contribution in [0.1, 0.15) is 90.9 Å². The Morgan fingerprint density at radius 1 is 0.621 bits per heavy atom. The Kier molecular flexibility index (Phi) is 14.3. The number of hydrogen-bond acceptors (Lipinski definition) is 7. The van der Waals surface area contributed by atoms with Gasteiger partial charge in [-0.1, -0.05) is 78.1 Å². The summed E-state index contributed by atoms with van der Waals surface area (Å²) in [6.07, 6.45) is 8.21. The van der Waals surface area contributed by atoms with Gasteiger partial charge in [0.25, 0.3) is 0 Å². The van der Waals surface area contributed by atoms with Gasteiger partial charge in [0.1, 0.15) is 24.5 Å². The van der Waals surface area contributed by atoms with Gasteiger partial charge in [-0.25, -0.2) is 10.0 Å². The fourth-order valence-corrected chi connectivity index (χ4v) is 4.18. The highest BCUT2D eigenvalue weighted by Crippen LogP contribution is 2.26. The van der Waals surface area contributed by atoms with Crippen LogP contribution in [0.3, 0.4) is 0 Å². The second-order valence-electron chi connectivity index (χ2n) is 8.50. The zero-order chi connectivity index (χ0) is 21.6. The molecule has 0 aliphatic carbocycles. The predicted molar refractivity (Wildman–Crippen MR) is 115 cm³/mol. The molecule has 0 aromatic rings. The summed E-state index contributed by atoms with van der Waals surface area (Å²) in [5.41, 5.74) is 0. The number of hydrazine groups is 1. The zero-order valence-electron chi connectivity index (χ0n) is 18.6. The van der Waals surface area contributed by atoms with Crippen molar-refractivity contribution in [3.8, 4) is 0 Å². The Morgan fingerprint density at radius 3 is 1.52 bits per heavy atom. The van der Waals surface area contributed by atoms with Crippen molar-refractivity contribution in [2.45, 2.75) is 121 Å². The Labute approximate surface area is 177 Å². The molecule has 1 heterocycles. The van der Waals surface area contributed by atoms with Gasteiger partial charge < -0.3 is 25.5 Å². The maximum absolute atomic E-state index is 10.6. The molecule has 1 fully saturated rings. The summed E-state index contributed by atoms with van der Waals surface area (Å²) < 4.78 is 0. The molecule has 0 aromatic carbocycles. The van der Waals surface area contributed by atoms with E-state index in [1.807, 2.05) is 5.01 Å². The molecule has 1 saturated heterocycles. The Bertz CT molecular complexity index is 385. The molecular weight excluding hydrogens is 372 g/mol. The maximum Gasteiger partial charge on any atom is 0.149 e. The molecule has 7 heteroatoms. The molecule has 1 aliphatic rings. The van der Waals surface area contributed by atoms with Crippen molar-refractivity contribution in [1.29, 1.82) is 0 Å². The molecule has 0 spiro atoms. The van der Waals surface area contributed by atoms with Gasteiger partial charge >= 0.3 is 0 Å². The van der Waals surface area contributed by atoms with Gasteiger partial charge in [0.2, 0.25) is 0 Å². The van der Waals surface area contributed by atoms with E-state index in [1.165, 1.54) is 56.4 Å². The lowest BCUT2D eigenvalue weighted by atomic mass is 9.94. The minimum Gasteiger partial charge on any atom is -0.395 e. The third-order valence-corrected chi connectivity index (χ3v) is 6.06. The van der Waals surface area contributed by atoms with Crippen LogP contribution in [-0.4, -0.2) is 85.8 Å². The quantitative estimate of drug-likeness (QED) is 0.244. The van der Waals surface area contributed by atoms with Crippen molar-refractivity contribution in [3.63, 3.8) is 0 Å². The number of piperidine rings is 1. The summed E-state index contributed by atoms with van der Waals surface area (Å²) in [4.78, 5) is 0. The topological polar surface area (TPSA) is 108 Å². The molecule has 0 radical (unpaired) electrons. The van der Waals surface area contributed by atoms with Gasteiger partial charge in [-0.3, -0.25) is 0 Å². The van der Waals surface area contributed by atoms with Crippen LogP contribution in [0.2, 0.25) is 0 Å². The number of rotatable bonds is 16. The summed E-state index contributed by atoms with van der Waals surface area (Å²) in [5, 5.41) is 54.4. The second kappa shape index (κ2) is 15.5. The highest BCUT2D eigenvalue weighted by molar-refractivity contribution is 4.95. The van der Waals surface area contributed by atoms with Crippen molar-refractivity contribution in [2.75, 3.05) is 19.7 Å². The average Bonchev–Trinajstić information content (AvgIpc) is 2.72. The largest absolute Gasteiger partial charge is 0.395 e. The Morgan fingerprint density at radius 2 is 1.07 bits per heavy atom. The van der Waals surface area contributed by atoms with E-state index in [2.05, 4.69) is 13.8 Å². The van der Waals surface area contributed by atoms with E-state index < -0.39 is 37.2 Å². The molecule has 29 heavy (non-hydrogen) atoms. The lowest BCUT2D eigenvalue weighted by Crippen LogP contribution is -2.71. The third-order valence-electron chi connectivity index (χ3n) is 6.06. The van der Waals surface area contributed by atoms with Gasteiger partial charge in [0.05, 0.1) is 12.6 Å². The molecule has 0 saturated carbocycles. The number of hydrogen-bond donors (Lipinski definition) is 5. The fourth-order valence-electron chi connectivity index (χ4n) is 4.18. The summed E-state index contributed by atoms with van der Waals surface area (Å²) >= 11 is 0. The molecule has 0 bridgehead atoms. The van der Waals surface area contributed by atoms with E-state index in [4.69, 9.17) is 0 Å². The van der Waals surface area contributed by atoms with Gasteiger partial charge in [0, 0.05) is 13.1 Å². The van der Waals surface area contributed by atoms with Gasteiger partial charge in [-0.15, -0.1) is 0 Å². The molecule has 1 aliphatic heterocycles. The first-order valence-electron chi connectivity index (χ1n) is 11.9. The third kappa shape index (κ3) is 8.77. The first-order chi connectivity index (χ1) is 14.0. The van der Waals surface area contributed by atoms with Crippen LogP contribution in [0, 0.1) is 0 Å². The Balaban J connectivity index is 2.69. The van der Waals surface area contributed by atoms with Crippen LogP contribution in [-0.2, 0) is 0 Å². The Hall–Kier alpha value is -0.280. The minimum absolute atomic E-state index is 0.397. The second-order valence-corrected chi connectivity index (χ2v) is 8.50. The molecule has 0 aromatic heterocycles. The number of nitrogens with zero attached hydrogens (tertiary/aromatic N) is 2. The SMILES string of the molecule is CCCCCCCCN(CCCCCCCC)N1C(O)[C@H](O)[C@@H](O)[C@H](O)[C@H]1CO. The van der Waals surface area contributed by atoms with Crippen molar-refractivity contribution in [1.82, 2.24) is 10.0 Å². The zero-order valence-corrected chi connectivity index (χ0v) is 18.6. The van der Waals surface area contributed by atoms with Crippen LogP contribution < -0.4 is 0 Å². The van der Waals surface area contributed by atoms with Crippen molar-refractivity contribution < 1.29 is 25.5 Å². The highest BCUT2D eigenvalue weighted by Gasteiger charge is 2.48. The number of aliphatic hydroxyl groups excluding tert-OH is 5. The van der Waals surface area contributed by atoms with Crippen LogP contribution in [0.25, 0.3) is 0 Å². The van der Waals surface area contributed by atoms with E-state index in [9.17, 15) is 25.5 Å². The lowest BCUT2D eigenvalue weighted by Gasteiger charge is -2.50. The van der Waals surface area contributed by atoms with Crippen LogP contribution >= 0.6 is 0 Å². The highest BCUT2D eigenvalue weighted by atomic mass is 16.4. The van der Waals surface area contributed by atoms with Gasteiger partial charge in [-0.2, -0.15) is 0 Å². The van der Waals surface area contributed by atoms with E-state index >= 15 is 0 Å². The van der Waals surface area contributed by atoms with Crippen LogP contribution in [0.5, 0.6) is 0 Å². The summed E-state index contributed by atoms with van der Waals surface area (Å²) in [7, 11) is 0. The van der Waals surface area contributed by atoms with Crippen molar-refractivity contribution in [3.05, 3.63) is 0 Å². The van der Waals surface area contributed by atoms with E-state index in [1.54, 1.807) is 0 Å². The summed E-state index contributed by atoms with van der Waals surface area (Å²) in [5.74, 6) is 0. The fraction of sp³-hybridized carbons (Fsp3) is 1.00. The monoisotopic (exact) mass is 418 g/mol. The minimum atomic E-state index is -1.47. The van der Waals surface area contributed by atoms with Crippen molar-refractivity contribution in [2.24, 2.45) is 0 Å². The molecular formula is C22H46N2O5. The predicted octanol–water partition coefficient (Wildman–Crippen LogP) is 2.00.